The Morgan fingerprint density at radius 1 is 0.640 bits per heavy atom. The molecule has 0 aliphatic heterocycles. The van der Waals surface area contributed by atoms with Crippen LogP contribution in [0.5, 0.6) is 0 Å². The van der Waals surface area contributed by atoms with Crippen LogP contribution in [0, 0.1) is 10.8 Å². The van der Waals surface area contributed by atoms with Gasteiger partial charge in [-0.1, -0.05) is 24.3 Å². The molecule has 1 aromatic heterocycles. The monoisotopic (exact) mass is 334 g/mol. The van der Waals surface area contributed by atoms with E-state index in [-0.39, 0.29) is 11.8 Å². The second-order valence-electron chi connectivity index (χ2n) is 5.39. The van der Waals surface area contributed by atoms with Crippen molar-refractivity contribution in [2.24, 2.45) is 0 Å². The molecule has 0 atom stereocenters. The molecule has 0 saturated carbocycles. The third kappa shape index (κ3) is 3.45. The van der Waals surface area contributed by atoms with Crippen LogP contribution in [0.15, 0.2) is 65.1 Å². The molecule has 2 aromatic carbocycles. The van der Waals surface area contributed by atoms with E-state index in [2.05, 4.69) is 0 Å². The maximum atomic E-state index is 7.66. The first kappa shape index (κ1) is 16.5. The van der Waals surface area contributed by atoms with Crippen LogP contribution >= 0.6 is 0 Å². The first-order chi connectivity index (χ1) is 12.1. The number of hydrogen-bond donors (Lipinski definition) is 2. The van der Waals surface area contributed by atoms with E-state index in [0.717, 1.165) is 22.6 Å². The number of rotatable bonds is 4. The van der Waals surface area contributed by atoms with Crippen molar-refractivity contribution in [3.05, 3.63) is 71.8 Å². The third-order valence-electron chi connectivity index (χ3n) is 3.88. The molecule has 3 rings (SSSR count). The average molecular weight is 334 g/mol. The van der Waals surface area contributed by atoms with E-state index >= 15 is 0 Å². The molecule has 0 amide bonds. The minimum absolute atomic E-state index is 0.133. The van der Waals surface area contributed by atoms with Crippen LogP contribution in [-0.4, -0.2) is 26.0 Å². The van der Waals surface area contributed by atoms with E-state index in [1.165, 1.54) is 14.2 Å². The van der Waals surface area contributed by atoms with Gasteiger partial charge in [0.25, 0.3) is 0 Å². The molecule has 0 unspecified atom stereocenters. The van der Waals surface area contributed by atoms with Gasteiger partial charge in [-0.25, -0.2) is 0 Å². The Hall–Kier alpha value is -3.34. The van der Waals surface area contributed by atoms with E-state index in [4.69, 9.17) is 24.7 Å². The Labute approximate surface area is 145 Å². The topological polar surface area (TPSA) is 79.3 Å². The van der Waals surface area contributed by atoms with Gasteiger partial charge in [0.15, 0.2) is 0 Å². The lowest BCUT2D eigenvalue weighted by Gasteiger charge is -2.04. The van der Waals surface area contributed by atoms with Crippen molar-refractivity contribution in [2.45, 2.75) is 0 Å². The smallest absolute Gasteiger partial charge is 0.212 e. The third-order valence-corrected chi connectivity index (χ3v) is 3.88. The zero-order valence-electron chi connectivity index (χ0n) is 14.0. The molecular weight excluding hydrogens is 316 g/mol. The summed E-state index contributed by atoms with van der Waals surface area (Å²) in [6, 6.07) is 18.7. The van der Waals surface area contributed by atoms with Gasteiger partial charge in [-0.05, 0) is 36.4 Å². The summed E-state index contributed by atoms with van der Waals surface area (Å²) in [6.45, 7) is 0. The van der Waals surface area contributed by atoms with Crippen LogP contribution in [0.1, 0.15) is 11.1 Å². The number of methoxy groups -OCH3 is 2. The summed E-state index contributed by atoms with van der Waals surface area (Å²) in [5.41, 5.74) is 3.29. The maximum absolute atomic E-state index is 7.66. The van der Waals surface area contributed by atoms with Crippen molar-refractivity contribution in [1.82, 2.24) is 0 Å². The molecule has 5 heteroatoms. The standard InChI is InChI=1S/C20H18N2O3/c1-23-19(21)15-7-3-13(4-8-15)17-11-12-18(25-17)14-5-9-16(10-6-14)20(22)24-2/h3-12,21-22H,1-2H3. The van der Waals surface area contributed by atoms with Gasteiger partial charge in [0.2, 0.25) is 11.8 Å². The molecule has 3 aromatic rings. The number of benzene rings is 2. The lowest BCUT2D eigenvalue weighted by molar-refractivity contribution is 0.401. The Bertz CT molecular complexity index is 819. The van der Waals surface area contributed by atoms with E-state index < -0.39 is 0 Å². The number of nitrogens with one attached hydrogen (secondary N) is 2. The molecule has 0 saturated heterocycles. The van der Waals surface area contributed by atoms with Crippen molar-refractivity contribution in [3.8, 4) is 22.6 Å². The highest BCUT2D eigenvalue weighted by Gasteiger charge is 2.09. The maximum Gasteiger partial charge on any atom is 0.212 e. The van der Waals surface area contributed by atoms with Gasteiger partial charge in [-0.15, -0.1) is 0 Å². The van der Waals surface area contributed by atoms with E-state index in [1.54, 1.807) is 0 Å². The molecule has 0 fully saturated rings. The van der Waals surface area contributed by atoms with Gasteiger partial charge >= 0.3 is 0 Å². The van der Waals surface area contributed by atoms with E-state index in [9.17, 15) is 0 Å². The summed E-state index contributed by atoms with van der Waals surface area (Å²) in [7, 11) is 2.96. The van der Waals surface area contributed by atoms with Gasteiger partial charge in [0.05, 0.1) is 14.2 Å². The average Bonchev–Trinajstić information content (AvgIpc) is 3.17. The lowest BCUT2D eigenvalue weighted by atomic mass is 10.1. The van der Waals surface area contributed by atoms with Crippen molar-refractivity contribution in [1.29, 1.82) is 10.8 Å². The molecule has 5 nitrogen and oxygen atoms in total. The summed E-state index contributed by atoms with van der Waals surface area (Å²) in [5.74, 6) is 1.76. The molecule has 0 bridgehead atoms. The zero-order valence-corrected chi connectivity index (χ0v) is 14.0. The SMILES string of the molecule is COC(=N)c1ccc(-c2ccc(-c3ccc(C(=N)OC)cc3)o2)cc1. The highest BCUT2D eigenvalue weighted by molar-refractivity contribution is 5.92. The predicted molar refractivity (Wildman–Crippen MR) is 97.3 cm³/mol. The van der Waals surface area contributed by atoms with Crippen molar-refractivity contribution in [2.75, 3.05) is 14.2 Å². The number of furan rings is 1. The first-order valence-corrected chi connectivity index (χ1v) is 7.69. The Kier molecular flexibility index (Phi) is 4.66. The normalized spacial score (nSPS) is 10.3. The predicted octanol–water partition coefficient (Wildman–Crippen LogP) is 4.56. The molecule has 2 N–H and O–H groups in total. The summed E-state index contributed by atoms with van der Waals surface area (Å²) >= 11 is 0. The number of hydrogen-bond acceptors (Lipinski definition) is 5. The molecule has 0 aliphatic rings. The van der Waals surface area contributed by atoms with Crippen molar-refractivity contribution >= 4 is 11.8 Å². The molecule has 126 valence electrons. The van der Waals surface area contributed by atoms with Crippen LogP contribution in [0.3, 0.4) is 0 Å². The summed E-state index contributed by atoms with van der Waals surface area (Å²) < 4.78 is 15.8. The number of ether oxygens (including phenoxy) is 2. The fourth-order valence-electron chi connectivity index (χ4n) is 2.46. The molecular formula is C20H18N2O3. The Balaban J connectivity index is 1.82. The summed E-state index contributed by atoms with van der Waals surface area (Å²) in [4.78, 5) is 0. The van der Waals surface area contributed by atoms with E-state index in [1.807, 2.05) is 60.7 Å². The molecule has 1 heterocycles. The van der Waals surface area contributed by atoms with Crippen LogP contribution < -0.4 is 0 Å². The minimum atomic E-state index is 0.133. The quantitative estimate of drug-likeness (QED) is 0.542. The van der Waals surface area contributed by atoms with Crippen LogP contribution in [0.2, 0.25) is 0 Å². The fourth-order valence-corrected chi connectivity index (χ4v) is 2.46. The molecule has 25 heavy (non-hydrogen) atoms. The largest absolute Gasteiger partial charge is 0.481 e. The molecule has 0 spiro atoms. The van der Waals surface area contributed by atoms with Crippen LogP contribution in [0.4, 0.5) is 0 Å². The van der Waals surface area contributed by atoms with Gasteiger partial charge in [0, 0.05) is 22.3 Å². The van der Waals surface area contributed by atoms with E-state index in [0.29, 0.717) is 11.1 Å². The van der Waals surface area contributed by atoms with Gasteiger partial charge in [-0.3, -0.25) is 10.8 Å². The van der Waals surface area contributed by atoms with Gasteiger partial charge in [0.1, 0.15) is 11.5 Å². The fraction of sp³-hybridized carbons (Fsp3) is 0.100. The second kappa shape index (κ2) is 7.05. The van der Waals surface area contributed by atoms with Crippen molar-refractivity contribution in [3.63, 3.8) is 0 Å². The lowest BCUT2D eigenvalue weighted by Crippen LogP contribution is -2.00. The Morgan fingerprint density at radius 2 is 1.00 bits per heavy atom. The highest BCUT2D eigenvalue weighted by atomic mass is 16.5. The zero-order chi connectivity index (χ0) is 17.8. The molecule has 0 aliphatic carbocycles. The van der Waals surface area contributed by atoms with Crippen LogP contribution in [-0.2, 0) is 9.47 Å². The molecule has 0 radical (unpaired) electrons. The second-order valence-corrected chi connectivity index (χ2v) is 5.39. The van der Waals surface area contributed by atoms with Gasteiger partial charge < -0.3 is 13.9 Å². The summed E-state index contributed by atoms with van der Waals surface area (Å²) in [5, 5.41) is 15.3. The van der Waals surface area contributed by atoms with Crippen molar-refractivity contribution < 1.29 is 13.9 Å². The minimum Gasteiger partial charge on any atom is -0.481 e. The first-order valence-electron chi connectivity index (χ1n) is 7.69. The van der Waals surface area contributed by atoms with Gasteiger partial charge in [-0.2, -0.15) is 0 Å². The van der Waals surface area contributed by atoms with Crippen LogP contribution in [0.25, 0.3) is 22.6 Å². The highest BCUT2D eigenvalue weighted by Crippen LogP contribution is 2.29. The summed E-state index contributed by atoms with van der Waals surface area (Å²) in [6.07, 6.45) is 0. The Morgan fingerprint density at radius 3 is 1.32 bits per heavy atom.